The highest BCUT2D eigenvalue weighted by Crippen LogP contribution is 2.15. The van der Waals surface area contributed by atoms with Gasteiger partial charge in [-0.15, -0.1) is 0 Å². The van der Waals surface area contributed by atoms with Gasteiger partial charge < -0.3 is 10.6 Å². The van der Waals surface area contributed by atoms with Crippen molar-refractivity contribution < 1.29 is 0 Å². The molecule has 0 fully saturated rings. The molecule has 0 heterocycles. The van der Waals surface area contributed by atoms with Crippen molar-refractivity contribution in [2.24, 2.45) is 11.7 Å². The molecule has 0 saturated heterocycles. The van der Waals surface area contributed by atoms with E-state index in [4.69, 9.17) is 5.73 Å². The number of aryl methyl sites for hydroxylation is 1. The van der Waals surface area contributed by atoms with Gasteiger partial charge in [0.15, 0.2) is 0 Å². The second kappa shape index (κ2) is 6.65. The van der Waals surface area contributed by atoms with Crippen LogP contribution in [0.5, 0.6) is 0 Å². The van der Waals surface area contributed by atoms with Gasteiger partial charge in [-0.25, -0.2) is 0 Å². The van der Waals surface area contributed by atoms with Crippen LogP contribution in [0.15, 0.2) is 24.3 Å². The van der Waals surface area contributed by atoms with Crippen molar-refractivity contribution in [3.63, 3.8) is 0 Å². The van der Waals surface area contributed by atoms with E-state index in [1.54, 1.807) is 0 Å². The number of benzene rings is 1. The molecule has 96 valence electrons. The van der Waals surface area contributed by atoms with E-state index in [1.165, 1.54) is 11.3 Å². The maximum Gasteiger partial charge on any atom is 0.0363 e. The summed E-state index contributed by atoms with van der Waals surface area (Å²) in [6.45, 7) is 7.56. The van der Waals surface area contributed by atoms with Gasteiger partial charge in [-0.1, -0.05) is 32.9 Å². The summed E-state index contributed by atoms with van der Waals surface area (Å²) < 4.78 is 0. The van der Waals surface area contributed by atoms with Gasteiger partial charge in [0.05, 0.1) is 0 Å². The van der Waals surface area contributed by atoms with Gasteiger partial charge in [-0.2, -0.15) is 0 Å². The van der Waals surface area contributed by atoms with Crippen LogP contribution < -0.4 is 10.6 Å². The highest BCUT2D eigenvalue weighted by molar-refractivity contribution is 5.46. The molecule has 0 saturated carbocycles. The first kappa shape index (κ1) is 14.0. The average Bonchev–Trinajstić information content (AvgIpc) is 2.35. The normalized spacial score (nSPS) is 12.8. The van der Waals surface area contributed by atoms with Crippen molar-refractivity contribution in [1.82, 2.24) is 0 Å². The molecule has 0 aliphatic heterocycles. The van der Waals surface area contributed by atoms with E-state index >= 15 is 0 Å². The Morgan fingerprint density at radius 2 is 1.76 bits per heavy atom. The Hall–Kier alpha value is -1.02. The van der Waals surface area contributed by atoms with Crippen LogP contribution in [-0.4, -0.2) is 19.6 Å². The molecule has 17 heavy (non-hydrogen) atoms. The summed E-state index contributed by atoms with van der Waals surface area (Å²) in [4.78, 5) is 2.28. The van der Waals surface area contributed by atoms with Crippen LogP contribution in [0.25, 0.3) is 0 Å². The predicted molar refractivity (Wildman–Crippen MR) is 76.5 cm³/mol. The maximum absolute atomic E-state index is 6.06. The number of hydrogen-bond acceptors (Lipinski definition) is 2. The molecule has 0 bridgehead atoms. The molecule has 2 nitrogen and oxygen atoms in total. The summed E-state index contributed by atoms with van der Waals surface area (Å²) in [7, 11) is 2.13. The number of nitrogens with zero attached hydrogens (tertiary/aromatic N) is 1. The first-order chi connectivity index (χ1) is 8.04. The second-order valence-electron chi connectivity index (χ2n) is 5.14. The van der Waals surface area contributed by atoms with Crippen LogP contribution in [0, 0.1) is 5.92 Å². The minimum atomic E-state index is 0.298. The second-order valence-corrected chi connectivity index (χ2v) is 5.14. The van der Waals surface area contributed by atoms with Crippen molar-refractivity contribution in [2.45, 2.75) is 39.7 Å². The summed E-state index contributed by atoms with van der Waals surface area (Å²) >= 11 is 0. The molecule has 1 unspecified atom stereocenters. The molecule has 2 N–H and O–H groups in total. The van der Waals surface area contributed by atoms with E-state index in [0.29, 0.717) is 12.0 Å². The highest BCUT2D eigenvalue weighted by atomic mass is 15.1. The molecule has 0 aliphatic rings. The fourth-order valence-corrected chi connectivity index (χ4v) is 1.79. The number of anilines is 1. The third-order valence-corrected chi connectivity index (χ3v) is 3.44. The molecule has 0 amide bonds. The van der Waals surface area contributed by atoms with Crippen LogP contribution >= 0.6 is 0 Å². The van der Waals surface area contributed by atoms with E-state index in [9.17, 15) is 0 Å². The Labute approximate surface area is 106 Å². The third kappa shape index (κ3) is 4.39. The lowest BCUT2D eigenvalue weighted by atomic mass is 10.0. The summed E-state index contributed by atoms with van der Waals surface area (Å²) in [5.74, 6) is 0.561. The molecular formula is C15H26N2. The van der Waals surface area contributed by atoms with Gasteiger partial charge in [-0.05, 0) is 36.5 Å². The highest BCUT2D eigenvalue weighted by Gasteiger charge is 2.09. The monoisotopic (exact) mass is 234 g/mol. The van der Waals surface area contributed by atoms with Gasteiger partial charge in [0, 0.05) is 25.3 Å². The fourth-order valence-electron chi connectivity index (χ4n) is 1.79. The van der Waals surface area contributed by atoms with Gasteiger partial charge in [0.2, 0.25) is 0 Å². The summed E-state index contributed by atoms with van der Waals surface area (Å²) in [6.07, 6.45) is 2.14. The van der Waals surface area contributed by atoms with Crippen molar-refractivity contribution >= 4 is 5.69 Å². The van der Waals surface area contributed by atoms with Gasteiger partial charge >= 0.3 is 0 Å². The smallest absolute Gasteiger partial charge is 0.0363 e. The minimum Gasteiger partial charge on any atom is -0.375 e. The van der Waals surface area contributed by atoms with Gasteiger partial charge in [0.25, 0.3) is 0 Å². The largest absolute Gasteiger partial charge is 0.375 e. The van der Waals surface area contributed by atoms with E-state index in [-0.39, 0.29) is 0 Å². The average molecular weight is 234 g/mol. The standard InChI is InChI=1S/C15H26N2/c1-5-13-6-8-14(9-7-13)17(4)11-10-15(16)12(2)3/h6-9,12,15H,5,10-11,16H2,1-4H3. The maximum atomic E-state index is 6.06. The molecule has 1 aromatic rings. The van der Waals surface area contributed by atoms with Crippen molar-refractivity contribution in [3.05, 3.63) is 29.8 Å². The summed E-state index contributed by atoms with van der Waals surface area (Å²) in [5, 5.41) is 0. The fraction of sp³-hybridized carbons (Fsp3) is 0.600. The number of hydrogen-bond donors (Lipinski definition) is 1. The number of rotatable bonds is 6. The van der Waals surface area contributed by atoms with Gasteiger partial charge in [-0.3, -0.25) is 0 Å². The van der Waals surface area contributed by atoms with E-state index in [2.05, 4.69) is 57.0 Å². The lowest BCUT2D eigenvalue weighted by Crippen LogP contribution is -2.31. The first-order valence-electron chi connectivity index (χ1n) is 6.60. The summed E-state index contributed by atoms with van der Waals surface area (Å²) in [5.41, 5.74) is 8.73. The quantitative estimate of drug-likeness (QED) is 0.819. The zero-order valence-electron chi connectivity index (χ0n) is 11.6. The van der Waals surface area contributed by atoms with Crippen LogP contribution in [0.2, 0.25) is 0 Å². The lowest BCUT2D eigenvalue weighted by molar-refractivity contribution is 0.466. The zero-order valence-corrected chi connectivity index (χ0v) is 11.6. The Bertz CT molecular complexity index is 316. The SMILES string of the molecule is CCc1ccc(N(C)CCC(N)C(C)C)cc1. The Morgan fingerprint density at radius 3 is 2.24 bits per heavy atom. The molecular weight excluding hydrogens is 208 g/mol. The first-order valence-corrected chi connectivity index (χ1v) is 6.60. The molecule has 1 aromatic carbocycles. The van der Waals surface area contributed by atoms with Gasteiger partial charge in [0.1, 0.15) is 0 Å². The van der Waals surface area contributed by atoms with Crippen molar-refractivity contribution in [1.29, 1.82) is 0 Å². The molecule has 0 aromatic heterocycles. The van der Waals surface area contributed by atoms with Crippen molar-refractivity contribution in [2.75, 3.05) is 18.5 Å². The predicted octanol–water partition coefficient (Wildman–Crippen LogP) is 3.06. The molecule has 2 heteroatoms. The third-order valence-electron chi connectivity index (χ3n) is 3.44. The molecule has 0 spiro atoms. The molecule has 0 radical (unpaired) electrons. The molecule has 1 atom stereocenters. The van der Waals surface area contributed by atoms with Crippen LogP contribution in [-0.2, 0) is 6.42 Å². The van der Waals surface area contributed by atoms with E-state index < -0.39 is 0 Å². The number of nitrogens with two attached hydrogens (primary N) is 1. The zero-order chi connectivity index (χ0) is 12.8. The Kier molecular flexibility index (Phi) is 5.49. The lowest BCUT2D eigenvalue weighted by Gasteiger charge is -2.23. The van der Waals surface area contributed by atoms with Crippen LogP contribution in [0.1, 0.15) is 32.8 Å². The van der Waals surface area contributed by atoms with Crippen LogP contribution in [0.3, 0.4) is 0 Å². The van der Waals surface area contributed by atoms with Crippen molar-refractivity contribution in [3.8, 4) is 0 Å². The van der Waals surface area contributed by atoms with E-state index in [0.717, 1.165) is 19.4 Å². The molecule has 0 aliphatic carbocycles. The summed E-state index contributed by atoms with van der Waals surface area (Å²) in [6, 6.07) is 9.09. The minimum absolute atomic E-state index is 0.298. The van der Waals surface area contributed by atoms with E-state index in [1.807, 2.05) is 0 Å². The topological polar surface area (TPSA) is 29.3 Å². The molecule has 1 rings (SSSR count). The Balaban J connectivity index is 2.48. The van der Waals surface area contributed by atoms with Crippen LogP contribution in [0.4, 0.5) is 5.69 Å². The Morgan fingerprint density at radius 1 is 1.18 bits per heavy atom.